The van der Waals surface area contributed by atoms with Crippen LogP contribution in [0.5, 0.6) is 5.75 Å². The lowest BCUT2D eigenvalue weighted by molar-refractivity contribution is -0.204. The molecule has 246 valence electrons. The first-order valence-corrected chi connectivity index (χ1v) is 18.1. The van der Waals surface area contributed by atoms with E-state index in [0.717, 1.165) is 43.7 Å². The third kappa shape index (κ3) is 5.30. The van der Waals surface area contributed by atoms with Crippen LogP contribution in [-0.4, -0.2) is 54.2 Å². The Balaban J connectivity index is 1.17. The average Bonchev–Trinajstić information content (AvgIpc) is 3.40. The summed E-state index contributed by atoms with van der Waals surface area (Å²) >= 11 is 0. The van der Waals surface area contributed by atoms with Crippen LogP contribution in [-0.2, 0) is 6.42 Å². The van der Waals surface area contributed by atoms with Gasteiger partial charge in [0, 0.05) is 25.7 Å². The number of rotatable bonds is 10. The van der Waals surface area contributed by atoms with Crippen LogP contribution in [0.2, 0.25) is 0 Å². The molecule has 1 aromatic rings. The Morgan fingerprint density at radius 1 is 0.841 bits per heavy atom. The van der Waals surface area contributed by atoms with E-state index < -0.39 is 0 Å². The summed E-state index contributed by atoms with van der Waals surface area (Å²) in [4.78, 5) is 0. The highest BCUT2D eigenvalue weighted by molar-refractivity contribution is 5.26. The van der Waals surface area contributed by atoms with Gasteiger partial charge in [0.05, 0.1) is 6.61 Å². The van der Waals surface area contributed by atoms with Gasteiger partial charge in [-0.25, -0.2) is 0 Å². The van der Waals surface area contributed by atoms with Gasteiger partial charge in [-0.1, -0.05) is 52.0 Å². The highest BCUT2D eigenvalue weighted by Crippen LogP contribution is 2.73. The quantitative estimate of drug-likeness (QED) is 0.151. The maximum absolute atomic E-state index is 11.0. The second-order valence-electron chi connectivity index (χ2n) is 17.1. The van der Waals surface area contributed by atoms with Gasteiger partial charge in [-0.3, -0.25) is 0 Å². The number of aromatic hydroxyl groups is 1. The van der Waals surface area contributed by atoms with Crippen LogP contribution in [0.4, 0.5) is 0 Å². The monoisotopic (exact) mass is 606 g/mol. The molecule has 6 rings (SSSR count). The lowest BCUT2D eigenvalue weighted by atomic mass is 9.36. The molecule has 5 fully saturated rings. The van der Waals surface area contributed by atoms with Crippen molar-refractivity contribution in [3.8, 4) is 5.75 Å². The summed E-state index contributed by atoms with van der Waals surface area (Å²) in [5, 5.41) is 37.5. The summed E-state index contributed by atoms with van der Waals surface area (Å²) in [6.07, 6.45) is 13.6. The van der Waals surface area contributed by atoms with Crippen LogP contribution in [0.3, 0.4) is 0 Å². The zero-order valence-corrected chi connectivity index (χ0v) is 28.2. The maximum Gasteiger partial charge on any atom is 0.115 e. The Bertz CT molecular complexity index is 1170. The fraction of sp³-hybridized carbons (Fsp3) is 0.795. The van der Waals surface area contributed by atoms with Gasteiger partial charge in [0.2, 0.25) is 0 Å². The fourth-order valence-electron chi connectivity index (χ4n) is 13.0. The number of phenolic OH excluding ortho intramolecular Hbond substituents is 1. The lowest BCUT2D eigenvalue weighted by Gasteiger charge is -2.69. The molecule has 0 bridgehead atoms. The van der Waals surface area contributed by atoms with Crippen molar-refractivity contribution in [1.29, 1.82) is 0 Å². The van der Waals surface area contributed by atoms with Gasteiger partial charge in [0.25, 0.3) is 0 Å². The first-order valence-electron chi connectivity index (χ1n) is 18.1. The number of aliphatic hydroxyl groups excluding tert-OH is 2. The Morgan fingerprint density at radius 2 is 1.57 bits per heavy atom. The van der Waals surface area contributed by atoms with E-state index in [1.54, 1.807) is 12.1 Å². The van der Waals surface area contributed by atoms with Crippen LogP contribution < -0.4 is 10.6 Å². The van der Waals surface area contributed by atoms with Gasteiger partial charge in [-0.15, -0.1) is 0 Å². The molecular weight excluding hydrogens is 544 g/mol. The Kier molecular flexibility index (Phi) is 9.11. The van der Waals surface area contributed by atoms with Crippen molar-refractivity contribution in [3.63, 3.8) is 0 Å². The molecule has 0 aromatic heterocycles. The molecule has 0 heterocycles. The summed E-state index contributed by atoms with van der Waals surface area (Å²) in [7, 11) is 0. The van der Waals surface area contributed by atoms with E-state index in [1.165, 1.54) is 68.9 Å². The van der Waals surface area contributed by atoms with Crippen LogP contribution in [0.25, 0.3) is 0 Å². The summed E-state index contributed by atoms with van der Waals surface area (Å²) in [6, 6.07) is 8.04. The Hall–Kier alpha value is -1.40. The minimum Gasteiger partial charge on any atom is -0.508 e. The van der Waals surface area contributed by atoms with Crippen LogP contribution >= 0.6 is 0 Å². The topological polar surface area (TPSA) is 84.8 Å². The van der Waals surface area contributed by atoms with E-state index >= 15 is 0 Å². The summed E-state index contributed by atoms with van der Waals surface area (Å²) in [5.41, 5.74) is 3.68. The van der Waals surface area contributed by atoms with E-state index in [4.69, 9.17) is 6.58 Å². The number of hydrogen-bond donors (Lipinski definition) is 5. The minimum absolute atomic E-state index is 0.0868. The van der Waals surface area contributed by atoms with Crippen molar-refractivity contribution < 1.29 is 15.3 Å². The molecule has 5 N–H and O–H groups in total. The summed E-state index contributed by atoms with van der Waals surface area (Å²) in [5.74, 6) is 4.36. The lowest BCUT2D eigenvalue weighted by Crippen LogP contribution is -2.65. The molecule has 44 heavy (non-hydrogen) atoms. The van der Waals surface area contributed by atoms with E-state index in [1.807, 2.05) is 12.1 Å². The van der Waals surface area contributed by atoms with Gasteiger partial charge < -0.3 is 26.0 Å². The van der Waals surface area contributed by atoms with Crippen LogP contribution in [0.1, 0.15) is 97.5 Å². The number of fused-ring (bicyclic) bond motifs is 7. The van der Waals surface area contributed by atoms with Crippen molar-refractivity contribution >= 4 is 0 Å². The molecule has 5 aliphatic carbocycles. The fourth-order valence-corrected chi connectivity index (χ4v) is 13.0. The third-order valence-corrected chi connectivity index (χ3v) is 15.0. The SMILES string of the molecule is C=C(CNCCc1ccc(O)cc1)[C@@H]1CC[C@]2(CO)CC[C@@H]3[C@H](CC[C@H]4[C@@]3(C)CC[C@H]3C(C)(C)C(NCCO)CC[C@]43C)[C@@H]12. The molecule has 5 aliphatic rings. The molecular formula is C39H62N2O3. The maximum atomic E-state index is 11.0. The molecule has 0 radical (unpaired) electrons. The molecule has 10 atom stereocenters. The Morgan fingerprint density at radius 3 is 2.30 bits per heavy atom. The first kappa shape index (κ1) is 32.5. The molecule has 0 amide bonds. The number of nitrogens with one attached hydrogen (secondary N) is 2. The zero-order valence-electron chi connectivity index (χ0n) is 28.2. The zero-order chi connectivity index (χ0) is 31.3. The smallest absolute Gasteiger partial charge is 0.115 e. The number of hydrogen-bond acceptors (Lipinski definition) is 5. The standard InChI is InChI=1S/C39H62N2O3/c1-26(24-40-21-16-27-6-8-28(44)9-7-27)29-12-19-39(25-43)20-13-31-30(35(29)39)10-11-33-37(31,4)17-14-32-36(2,3)34(41-22-23-42)15-18-38(32,33)5/h6-9,29-35,40-44H,1,10-25H2,2-5H3/t29-,30-,31+,32-,33-,34?,35+,37-,38-,39+/m0/s1. The highest BCUT2D eigenvalue weighted by atomic mass is 16.3. The second kappa shape index (κ2) is 12.3. The molecule has 0 saturated heterocycles. The van der Waals surface area contributed by atoms with Gasteiger partial charge in [0.15, 0.2) is 0 Å². The molecule has 5 saturated carbocycles. The predicted molar refractivity (Wildman–Crippen MR) is 179 cm³/mol. The van der Waals surface area contributed by atoms with E-state index in [2.05, 4.69) is 38.3 Å². The van der Waals surface area contributed by atoms with Crippen molar-refractivity contribution in [2.45, 2.75) is 104 Å². The number of phenols is 1. The van der Waals surface area contributed by atoms with Gasteiger partial charge in [0.1, 0.15) is 5.75 Å². The first-order chi connectivity index (χ1) is 21.0. The molecule has 5 heteroatoms. The predicted octanol–water partition coefficient (Wildman–Crippen LogP) is 6.71. The average molecular weight is 607 g/mol. The normalized spacial score (nSPS) is 42.5. The number of aliphatic hydroxyl groups is 2. The Labute approximate surface area is 267 Å². The molecule has 5 nitrogen and oxygen atoms in total. The highest BCUT2D eigenvalue weighted by Gasteiger charge is 2.67. The number of benzene rings is 1. The van der Waals surface area contributed by atoms with Crippen molar-refractivity contribution in [1.82, 2.24) is 10.6 Å². The molecule has 1 aromatic carbocycles. The largest absolute Gasteiger partial charge is 0.508 e. The van der Waals surface area contributed by atoms with E-state index in [9.17, 15) is 15.3 Å². The van der Waals surface area contributed by atoms with Gasteiger partial charge in [-0.05, 0) is 152 Å². The van der Waals surface area contributed by atoms with Crippen molar-refractivity contribution in [3.05, 3.63) is 42.0 Å². The second-order valence-corrected chi connectivity index (χ2v) is 17.1. The molecule has 0 spiro atoms. The van der Waals surface area contributed by atoms with Crippen molar-refractivity contribution in [2.24, 2.45) is 57.2 Å². The molecule has 1 unspecified atom stereocenters. The summed E-state index contributed by atoms with van der Waals surface area (Å²) < 4.78 is 0. The van der Waals surface area contributed by atoms with Gasteiger partial charge in [-0.2, -0.15) is 0 Å². The van der Waals surface area contributed by atoms with Gasteiger partial charge >= 0.3 is 0 Å². The minimum atomic E-state index is 0.0868. The molecule has 0 aliphatic heterocycles. The van der Waals surface area contributed by atoms with Crippen LogP contribution in [0, 0.1) is 57.2 Å². The van der Waals surface area contributed by atoms with E-state index in [0.29, 0.717) is 53.5 Å². The van der Waals surface area contributed by atoms with Crippen LogP contribution in [0.15, 0.2) is 36.4 Å². The van der Waals surface area contributed by atoms with E-state index in [-0.39, 0.29) is 17.4 Å². The third-order valence-electron chi connectivity index (χ3n) is 15.0. The summed E-state index contributed by atoms with van der Waals surface area (Å²) in [6.45, 7) is 18.1. The van der Waals surface area contributed by atoms with Crippen molar-refractivity contribution in [2.75, 3.05) is 32.8 Å².